The van der Waals surface area contributed by atoms with Crippen LogP contribution in [0.2, 0.25) is 0 Å². The summed E-state index contributed by atoms with van der Waals surface area (Å²) in [5, 5.41) is 3.37. The Bertz CT molecular complexity index is 1050. The molecular formula is C20H28N6O2. The van der Waals surface area contributed by atoms with Crippen molar-refractivity contribution in [2.45, 2.75) is 26.8 Å². The van der Waals surface area contributed by atoms with Crippen LogP contribution in [0.25, 0.3) is 11.2 Å². The van der Waals surface area contributed by atoms with Gasteiger partial charge in [0.25, 0.3) is 5.56 Å². The van der Waals surface area contributed by atoms with E-state index in [4.69, 9.17) is 0 Å². The molecule has 0 unspecified atom stereocenters. The number of aryl methyl sites for hydroxylation is 1. The highest BCUT2D eigenvalue weighted by Gasteiger charge is 2.21. The number of aromatic nitrogens is 4. The lowest BCUT2D eigenvalue weighted by molar-refractivity contribution is 0.315. The number of hydrogen-bond acceptors (Lipinski definition) is 5. The van der Waals surface area contributed by atoms with Crippen molar-refractivity contribution in [3.05, 3.63) is 56.7 Å². The second kappa shape index (κ2) is 8.43. The van der Waals surface area contributed by atoms with Gasteiger partial charge in [-0.05, 0) is 25.6 Å². The molecule has 0 bridgehead atoms. The summed E-state index contributed by atoms with van der Waals surface area (Å²) >= 11 is 0. The number of fused-ring (bicyclic) bond motifs is 1. The Morgan fingerprint density at radius 1 is 1.18 bits per heavy atom. The van der Waals surface area contributed by atoms with E-state index in [0.717, 1.165) is 25.2 Å². The Labute approximate surface area is 163 Å². The topological polar surface area (TPSA) is 88.0 Å². The lowest BCUT2D eigenvalue weighted by atomic mass is 10.1. The van der Waals surface area contributed by atoms with Crippen LogP contribution in [-0.4, -0.2) is 50.2 Å². The molecule has 1 atom stereocenters. The minimum absolute atomic E-state index is 0.124. The SMILES string of the molecule is CCN(CC)CCNc1nc2c(c(=O)[nH]c(=O)n2C)n1[C@H](C)c1ccccc1. The van der Waals surface area contributed by atoms with E-state index in [2.05, 4.69) is 34.0 Å². The van der Waals surface area contributed by atoms with E-state index < -0.39 is 11.2 Å². The molecule has 0 aliphatic rings. The van der Waals surface area contributed by atoms with E-state index in [1.165, 1.54) is 4.57 Å². The number of anilines is 1. The van der Waals surface area contributed by atoms with Crippen LogP contribution in [0.5, 0.6) is 0 Å². The fraction of sp³-hybridized carbons (Fsp3) is 0.450. The summed E-state index contributed by atoms with van der Waals surface area (Å²) in [5.41, 5.74) is 0.932. The van der Waals surface area contributed by atoms with Crippen LogP contribution in [0.3, 0.4) is 0 Å². The molecule has 28 heavy (non-hydrogen) atoms. The van der Waals surface area contributed by atoms with Crippen molar-refractivity contribution < 1.29 is 0 Å². The molecule has 2 N–H and O–H groups in total. The first kappa shape index (κ1) is 19.9. The number of H-pyrrole nitrogens is 1. The number of imidazole rings is 1. The molecule has 0 radical (unpaired) electrons. The normalized spacial score (nSPS) is 12.6. The highest BCUT2D eigenvalue weighted by molar-refractivity contribution is 5.74. The number of hydrogen-bond donors (Lipinski definition) is 2. The molecule has 0 amide bonds. The predicted octanol–water partition coefficient (Wildman–Crippen LogP) is 1.79. The monoisotopic (exact) mass is 384 g/mol. The van der Waals surface area contributed by atoms with Crippen LogP contribution in [0.1, 0.15) is 32.4 Å². The smallest absolute Gasteiger partial charge is 0.329 e. The van der Waals surface area contributed by atoms with Crippen molar-refractivity contribution in [3.63, 3.8) is 0 Å². The van der Waals surface area contributed by atoms with E-state index in [1.807, 2.05) is 41.8 Å². The molecule has 150 valence electrons. The minimum Gasteiger partial charge on any atom is -0.354 e. The van der Waals surface area contributed by atoms with Crippen molar-refractivity contribution in [1.29, 1.82) is 0 Å². The molecule has 0 aliphatic heterocycles. The molecular weight excluding hydrogens is 356 g/mol. The first-order valence-corrected chi connectivity index (χ1v) is 9.70. The fourth-order valence-electron chi connectivity index (χ4n) is 3.45. The molecule has 2 heterocycles. The van der Waals surface area contributed by atoms with Crippen molar-refractivity contribution in [2.24, 2.45) is 7.05 Å². The van der Waals surface area contributed by atoms with Crippen LogP contribution < -0.4 is 16.6 Å². The zero-order valence-electron chi connectivity index (χ0n) is 16.9. The second-order valence-electron chi connectivity index (χ2n) is 6.84. The molecule has 0 saturated carbocycles. The summed E-state index contributed by atoms with van der Waals surface area (Å²) in [5.74, 6) is 0.588. The Morgan fingerprint density at radius 2 is 1.86 bits per heavy atom. The van der Waals surface area contributed by atoms with Gasteiger partial charge >= 0.3 is 5.69 Å². The third-order valence-electron chi connectivity index (χ3n) is 5.23. The van der Waals surface area contributed by atoms with Crippen molar-refractivity contribution >= 4 is 17.1 Å². The van der Waals surface area contributed by atoms with Gasteiger partial charge in [-0.25, -0.2) is 4.79 Å². The summed E-state index contributed by atoms with van der Waals surface area (Å²) in [6, 6.07) is 9.82. The molecule has 8 nitrogen and oxygen atoms in total. The lowest BCUT2D eigenvalue weighted by Crippen LogP contribution is -2.30. The first-order valence-electron chi connectivity index (χ1n) is 9.70. The molecule has 2 aromatic heterocycles. The van der Waals surface area contributed by atoms with Crippen LogP contribution in [0, 0.1) is 0 Å². The maximum absolute atomic E-state index is 12.6. The largest absolute Gasteiger partial charge is 0.354 e. The van der Waals surface area contributed by atoms with Gasteiger partial charge in [0, 0.05) is 20.1 Å². The molecule has 0 fully saturated rings. The Kier molecular flexibility index (Phi) is 5.99. The molecule has 0 aliphatic carbocycles. The van der Waals surface area contributed by atoms with Crippen LogP contribution in [0.15, 0.2) is 39.9 Å². The summed E-state index contributed by atoms with van der Waals surface area (Å²) in [4.78, 5) is 34.0. The highest BCUT2D eigenvalue weighted by Crippen LogP contribution is 2.26. The van der Waals surface area contributed by atoms with E-state index in [9.17, 15) is 9.59 Å². The van der Waals surface area contributed by atoms with E-state index in [1.54, 1.807) is 7.05 Å². The Morgan fingerprint density at radius 3 is 2.50 bits per heavy atom. The maximum Gasteiger partial charge on any atom is 0.329 e. The fourth-order valence-corrected chi connectivity index (χ4v) is 3.45. The number of likely N-dealkylation sites (N-methyl/N-ethyl adjacent to an activating group) is 1. The maximum atomic E-state index is 12.6. The molecule has 0 spiro atoms. The van der Waals surface area contributed by atoms with Gasteiger partial charge in [0.1, 0.15) is 0 Å². The molecule has 1 aromatic carbocycles. The Balaban J connectivity index is 2.09. The van der Waals surface area contributed by atoms with Gasteiger partial charge in [-0.15, -0.1) is 0 Å². The molecule has 3 aromatic rings. The number of benzene rings is 1. The van der Waals surface area contributed by atoms with E-state index >= 15 is 0 Å². The van der Waals surface area contributed by atoms with Crippen molar-refractivity contribution in [3.8, 4) is 0 Å². The van der Waals surface area contributed by atoms with Crippen LogP contribution >= 0.6 is 0 Å². The average Bonchev–Trinajstić information content (AvgIpc) is 3.09. The molecule has 3 rings (SSSR count). The first-order chi connectivity index (χ1) is 13.5. The second-order valence-corrected chi connectivity index (χ2v) is 6.84. The van der Waals surface area contributed by atoms with Gasteiger partial charge in [0.05, 0.1) is 6.04 Å². The summed E-state index contributed by atoms with van der Waals surface area (Å²) in [6.45, 7) is 9.80. The van der Waals surface area contributed by atoms with Gasteiger partial charge in [-0.3, -0.25) is 18.9 Å². The number of nitrogens with zero attached hydrogens (tertiary/aromatic N) is 4. The zero-order chi connectivity index (χ0) is 20.3. The summed E-state index contributed by atoms with van der Waals surface area (Å²) in [7, 11) is 1.62. The molecule has 0 saturated heterocycles. The minimum atomic E-state index is -0.468. The van der Waals surface area contributed by atoms with E-state index in [0.29, 0.717) is 23.7 Å². The highest BCUT2D eigenvalue weighted by atomic mass is 16.2. The number of rotatable bonds is 8. The van der Waals surface area contributed by atoms with Crippen molar-refractivity contribution in [1.82, 2.24) is 24.0 Å². The number of aromatic amines is 1. The van der Waals surface area contributed by atoms with E-state index in [-0.39, 0.29) is 6.04 Å². The van der Waals surface area contributed by atoms with Crippen molar-refractivity contribution in [2.75, 3.05) is 31.5 Å². The third-order valence-corrected chi connectivity index (χ3v) is 5.23. The van der Waals surface area contributed by atoms with Gasteiger partial charge in [-0.1, -0.05) is 44.2 Å². The van der Waals surface area contributed by atoms with Crippen LogP contribution in [0.4, 0.5) is 5.95 Å². The lowest BCUT2D eigenvalue weighted by Gasteiger charge is -2.20. The van der Waals surface area contributed by atoms with Crippen LogP contribution in [-0.2, 0) is 7.05 Å². The number of nitrogens with one attached hydrogen (secondary N) is 2. The quantitative estimate of drug-likeness (QED) is 0.618. The average molecular weight is 384 g/mol. The third kappa shape index (κ3) is 3.73. The molecule has 8 heteroatoms. The standard InChI is InChI=1S/C20H28N6O2/c1-5-25(6-2)13-12-21-19-22-17-16(18(27)23-20(28)24(17)4)26(19)14(3)15-10-8-7-9-11-15/h7-11,14H,5-6,12-13H2,1-4H3,(H,21,22)(H,23,27,28)/t14-/m1/s1. The van der Waals surface area contributed by atoms with Gasteiger partial charge in [-0.2, -0.15) is 4.98 Å². The summed E-state index contributed by atoms with van der Waals surface area (Å²) < 4.78 is 3.26. The predicted molar refractivity (Wildman–Crippen MR) is 112 cm³/mol. The zero-order valence-corrected chi connectivity index (χ0v) is 16.9. The summed E-state index contributed by atoms with van der Waals surface area (Å²) in [6.07, 6.45) is 0. The van der Waals surface area contributed by atoms with Gasteiger partial charge < -0.3 is 10.2 Å². The van der Waals surface area contributed by atoms with Gasteiger partial charge in [0.2, 0.25) is 5.95 Å². The van der Waals surface area contributed by atoms with Gasteiger partial charge in [0.15, 0.2) is 11.2 Å². The Hall–Kier alpha value is -2.87.